The first-order valence-electron chi connectivity index (χ1n) is 8.10. The number of esters is 1. The Morgan fingerprint density at radius 2 is 1.58 bits per heavy atom. The molecule has 0 aromatic heterocycles. The predicted molar refractivity (Wildman–Crippen MR) is 101 cm³/mol. The number of hydrogen-bond acceptors (Lipinski definition) is 4. The van der Waals surface area contributed by atoms with E-state index >= 15 is 0 Å². The standard InChI is InChI=1S/C22H18O4/c1-15-6-8-16(9-7-15)10-11-17-12-18(23)14-19(13-17)26-22(25)20-4-2-3-5-21(20)24/h2-14,23-24H,1H3/b11-10+. The topological polar surface area (TPSA) is 66.8 Å². The number of hydrogen-bond donors (Lipinski definition) is 2. The highest BCUT2D eigenvalue weighted by Crippen LogP contribution is 2.25. The van der Waals surface area contributed by atoms with Crippen molar-refractivity contribution in [2.45, 2.75) is 6.92 Å². The molecular formula is C22H18O4. The molecule has 2 N–H and O–H groups in total. The van der Waals surface area contributed by atoms with E-state index in [-0.39, 0.29) is 22.8 Å². The minimum Gasteiger partial charge on any atom is -0.508 e. The first kappa shape index (κ1) is 17.3. The van der Waals surface area contributed by atoms with Gasteiger partial charge in [0.25, 0.3) is 0 Å². The molecule has 0 heterocycles. The quantitative estimate of drug-likeness (QED) is 0.405. The summed E-state index contributed by atoms with van der Waals surface area (Å²) in [6.07, 6.45) is 3.73. The molecule has 130 valence electrons. The van der Waals surface area contributed by atoms with Gasteiger partial charge in [-0.25, -0.2) is 4.79 Å². The SMILES string of the molecule is Cc1ccc(/C=C/c2cc(O)cc(OC(=O)c3ccccc3O)c2)cc1. The number of aryl methyl sites for hydroxylation is 1. The van der Waals surface area contributed by atoms with Gasteiger partial charge < -0.3 is 14.9 Å². The zero-order chi connectivity index (χ0) is 18.5. The second-order valence-electron chi connectivity index (χ2n) is 5.91. The van der Waals surface area contributed by atoms with Crippen molar-refractivity contribution in [1.29, 1.82) is 0 Å². The minimum atomic E-state index is -0.692. The lowest BCUT2D eigenvalue weighted by molar-refractivity contribution is 0.0731. The Bertz CT molecular complexity index is 956. The van der Waals surface area contributed by atoms with Crippen molar-refractivity contribution in [2.24, 2.45) is 0 Å². The molecule has 0 atom stereocenters. The number of rotatable bonds is 4. The molecule has 0 aliphatic heterocycles. The molecule has 0 bridgehead atoms. The highest BCUT2D eigenvalue weighted by Gasteiger charge is 2.13. The third-order valence-corrected chi connectivity index (χ3v) is 3.79. The van der Waals surface area contributed by atoms with Crippen LogP contribution in [-0.2, 0) is 0 Å². The van der Waals surface area contributed by atoms with Gasteiger partial charge in [0.15, 0.2) is 0 Å². The zero-order valence-corrected chi connectivity index (χ0v) is 14.2. The van der Waals surface area contributed by atoms with Crippen molar-refractivity contribution in [3.8, 4) is 17.2 Å². The van der Waals surface area contributed by atoms with Gasteiger partial charge in [0, 0.05) is 6.07 Å². The highest BCUT2D eigenvalue weighted by molar-refractivity contribution is 5.93. The van der Waals surface area contributed by atoms with Gasteiger partial charge >= 0.3 is 5.97 Å². The summed E-state index contributed by atoms with van der Waals surface area (Å²) in [6, 6.07) is 18.7. The Morgan fingerprint density at radius 3 is 2.31 bits per heavy atom. The molecule has 0 fully saturated rings. The van der Waals surface area contributed by atoms with Crippen LogP contribution in [0.2, 0.25) is 0 Å². The Hall–Kier alpha value is -3.53. The van der Waals surface area contributed by atoms with Crippen LogP contribution in [0.4, 0.5) is 0 Å². The third-order valence-electron chi connectivity index (χ3n) is 3.79. The number of phenols is 2. The molecule has 0 saturated heterocycles. The molecule has 0 saturated carbocycles. The van der Waals surface area contributed by atoms with Crippen LogP contribution in [0.3, 0.4) is 0 Å². The third kappa shape index (κ3) is 4.30. The molecule has 0 amide bonds. The highest BCUT2D eigenvalue weighted by atomic mass is 16.5. The van der Waals surface area contributed by atoms with E-state index in [2.05, 4.69) is 0 Å². The normalized spacial score (nSPS) is 10.8. The second-order valence-corrected chi connectivity index (χ2v) is 5.91. The van der Waals surface area contributed by atoms with E-state index in [1.165, 1.54) is 23.8 Å². The van der Waals surface area contributed by atoms with Gasteiger partial charge in [0.05, 0.1) is 0 Å². The molecule has 4 heteroatoms. The van der Waals surface area contributed by atoms with E-state index < -0.39 is 5.97 Å². The summed E-state index contributed by atoms with van der Waals surface area (Å²) < 4.78 is 5.28. The van der Waals surface area contributed by atoms with Crippen LogP contribution in [-0.4, -0.2) is 16.2 Å². The van der Waals surface area contributed by atoms with E-state index in [0.717, 1.165) is 5.56 Å². The summed E-state index contributed by atoms with van der Waals surface area (Å²) in [5, 5.41) is 19.6. The van der Waals surface area contributed by atoms with Gasteiger partial charge in [-0.3, -0.25) is 0 Å². The minimum absolute atomic E-state index is 0.0175. The van der Waals surface area contributed by atoms with Gasteiger partial charge in [0.1, 0.15) is 22.8 Å². The summed E-state index contributed by atoms with van der Waals surface area (Å²) in [5.41, 5.74) is 2.95. The molecule has 0 radical (unpaired) electrons. The predicted octanol–water partition coefficient (Wildman–Crippen LogP) is 4.80. The smallest absolute Gasteiger partial charge is 0.347 e. The van der Waals surface area contributed by atoms with Crippen molar-refractivity contribution in [3.05, 3.63) is 89.0 Å². The fraction of sp³-hybridized carbons (Fsp3) is 0.0455. The lowest BCUT2D eigenvalue weighted by Crippen LogP contribution is -2.08. The Labute approximate surface area is 151 Å². The lowest BCUT2D eigenvalue weighted by atomic mass is 10.1. The molecule has 0 aliphatic carbocycles. The number of carbonyl (C=O) groups excluding carboxylic acids is 1. The Morgan fingerprint density at radius 1 is 0.885 bits per heavy atom. The zero-order valence-electron chi connectivity index (χ0n) is 14.2. The van der Waals surface area contributed by atoms with Crippen molar-refractivity contribution >= 4 is 18.1 Å². The Kier molecular flexibility index (Phi) is 5.04. The number of aromatic hydroxyl groups is 2. The van der Waals surface area contributed by atoms with Crippen LogP contribution in [0.1, 0.15) is 27.0 Å². The second kappa shape index (κ2) is 7.57. The maximum Gasteiger partial charge on any atom is 0.347 e. The van der Waals surface area contributed by atoms with Crippen LogP contribution >= 0.6 is 0 Å². The molecule has 4 nitrogen and oxygen atoms in total. The molecule has 3 rings (SSSR count). The van der Waals surface area contributed by atoms with E-state index in [9.17, 15) is 15.0 Å². The molecule has 0 aliphatic rings. The largest absolute Gasteiger partial charge is 0.508 e. The molecule has 3 aromatic carbocycles. The lowest BCUT2D eigenvalue weighted by Gasteiger charge is -2.07. The Balaban J connectivity index is 1.80. The summed E-state index contributed by atoms with van der Waals surface area (Å²) in [6.45, 7) is 2.02. The van der Waals surface area contributed by atoms with E-state index in [0.29, 0.717) is 5.56 Å². The summed E-state index contributed by atoms with van der Waals surface area (Å²) in [5.74, 6) is -0.669. The van der Waals surface area contributed by atoms with Gasteiger partial charge in [-0.1, -0.05) is 54.1 Å². The first-order valence-corrected chi connectivity index (χ1v) is 8.10. The average molecular weight is 346 g/mol. The fourth-order valence-electron chi connectivity index (χ4n) is 2.44. The summed E-state index contributed by atoms with van der Waals surface area (Å²) in [7, 11) is 0. The number of para-hydroxylation sites is 1. The maximum absolute atomic E-state index is 12.2. The van der Waals surface area contributed by atoms with Crippen LogP contribution < -0.4 is 4.74 Å². The van der Waals surface area contributed by atoms with Crippen molar-refractivity contribution in [3.63, 3.8) is 0 Å². The monoisotopic (exact) mass is 346 g/mol. The van der Waals surface area contributed by atoms with E-state index in [4.69, 9.17) is 4.74 Å². The molecule has 0 spiro atoms. The van der Waals surface area contributed by atoms with Gasteiger partial charge in [0.2, 0.25) is 0 Å². The molecule has 26 heavy (non-hydrogen) atoms. The van der Waals surface area contributed by atoms with Crippen LogP contribution in [0.5, 0.6) is 17.2 Å². The van der Waals surface area contributed by atoms with E-state index in [1.807, 2.05) is 43.3 Å². The summed E-state index contributed by atoms with van der Waals surface area (Å²) in [4.78, 5) is 12.2. The molecular weight excluding hydrogens is 328 g/mol. The number of ether oxygens (including phenoxy) is 1. The number of benzene rings is 3. The van der Waals surface area contributed by atoms with Crippen molar-refractivity contribution in [2.75, 3.05) is 0 Å². The van der Waals surface area contributed by atoms with E-state index in [1.54, 1.807) is 24.3 Å². The number of phenolic OH excluding ortho intramolecular Hbond substituents is 2. The first-order chi connectivity index (χ1) is 12.5. The molecule has 3 aromatic rings. The van der Waals surface area contributed by atoms with Crippen molar-refractivity contribution < 1.29 is 19.7 Å². The van der Waals surface area contributed by atoms with Gasteiger partial charge in [-0.2, -0.15) is 0 Å². The van der Waals surface area contributed by atoms with Gasteiger partial charge in [-0.05, 0) is 42.3 Å². The fourth-order valence-corrected chi connectivity index (χ4v) is 2.44. The maximum atomic E-state index is 12.2. The average Bonchev–Trinajstić information content (AvgIpc) is 2.61. The van der Waals surface area contributed by atoms with Gasteiger partial charge in [-0.15, -0.1) is 0 Å². The van der Waals surface area contributed by atoms with Crippen LogP contribution in [0.25, 0.3) is 12.2 Å². The number of carbonyl (C=O) groups is 1. The van der Waals surface area contributed by atoms with Crippen LogP contribution in [0.15, 0.2) is 66.7 Å². The van der Waals surface area contributed by atoms with Crippen LogP contribution in [0, 0.1) is 6.92 Å². The van der Waals surface area contributed by atoms with Crippen molar-refractivity contribution in [1.82, 2.24) is 0 Å². The summed E-state index contributed by atoms with van der Waals surface area (Å²) >= 11 is 0. The molecule has 0 unspecified atom stereocenters.